The van der Waals surface area contributed by atoms with Gasteiger partial charge in [-0.25, -0.2) is 4.79 Å². The molecule has 1 amide bonds. The molecule has 172 valence electrons. The quantitative estimate of drug-likeness (QED) is 0.709. The van der Waals surface area contributed by atoms with Crippen LogP contribution in [0.15, 0.2) is 30.3 Å². The normalized spacial score (nSPS) is 25.8. The molecular formula is C22H29F3N2O4. The molecule has 2 saturated heterocycles. The minimum absolute atomic E-state index is 0.0619. The van der Waals surface area contributed by atoms with Crippen LogP contribution >= 0.6 is 0 Å². The van der Waals surface area contributed by atoms with Crippen LogP contribution in [0.3, 0.4) is 0 Å². The van der Waals surface area contributed by atoms with Gasteiger partial charge in [-0.05, 0) is 24.8 Å². The summed E-state index contributed by atoms with van der Waals surface area (Å²) in [4.78, 5) is 24.0. The summed E-state index contributed by atoms with van der Waals surface area (Å²) in [6, 6.07) is 11.1. The minimum Gasteiger partial charge on any atom is -0.475 e. The fourth-order valence-electron chi connectivity index (χ4n) is 4.53. The minimum atomic E-state index is -5.08. The number of hydrogen-bond donors (Lipinski definition) is 2. The second-order valence-electron chi connectivity index (χ2n) is 8.65. The van der Waals surface area contributed by atoms with Gasteiger partial charge in [0.25, 0.3) is 0 Å². The topological polar surface area (TPSA) is 78.9 Å². The van der Waals surface area contributed by atoms with E-state index in [0.29, 0.717) is 12.3 Å². The Labute approximate surface area is 179 Å². The van der Waals surface area contributed by atoms with Crippen LogP contribution < -0.4 is 5.32 Å². The van der Waals surface area contributed by atoms with Gasteiger partial charge >= 0.3 is 12.1 Å². The summed E-state index contributed by atoms with van der Waals surface area (Å²) >= 11 is 0. The van der Waals surface area contributed by atoms with E-state index in [1.165, 1.54) is 24.8 Å². The molecule has 4 rings (SSSR count). The molecule has 0 spiro atoms. The number of benzene rings is 1. The first-order valence-electron chi connectivity index (χ1n) is 10.6. The average molecular weight is 442 g/mol. The van der Waals surface area contributed by atoms with Crippen LogP contribution in [-0.2, 0) is 20.7 Å². The lowest BCUT2D eigenvalue weighted by atomic mass is 9.78. The lowest BCUT2D eigenvalue weighted by Crippen LogP contribution is -2.42. The van der Waals surface area contributed by atoms with Gasteiger partial charge in [-0.3, -0.25) is 9.69 Å². The SMILES string of the molecule is O=C(C[C@]12COC[C@H]1CN(C1CCC1)C2)NCCc1ccccc1.O=C(O)C(F)(F)F. The molecule has 0 aromatic heterocycles. The maximum Gasteiger partial charge on any atom is 0.490 e. The predicted octanol–water partition coefficient (Wildman–Crippen LogP) is 2.87. The van der Waals surface area contributed by atoms with Crippen molar-refractivity contribution >= 4 is 11.9 Å². The van der Waals surface area contributed by atoms with Gasteiger partial charge in [0.05, 0.1) is 13.2 Å². The molecule has 3 fully saturated rings. The number of nitrogens with zero attached hydrogens (tertiary/aromatic N) is 1. The van der Waals surface area contributed by atoms with Crippen molar-refractivity contribution in [3.05, 3.63) is 35.9 Å². The van der Waals surface area contributed by atoms with Crippen LogP contribution in [0.25, 0.3) is 0 Å². The summed E-state index contributed by atoms with van der Waals surface area (Å²) in [6.07, 6.45) is 0.485. The van der Waals surface area contributed by atoms with Crippen LogP contribution in [0.2, 0.25) is 0 Å². The van der Waals surface area contributed by atoms with Gasteiger partial charge < -0.3 is 15.2 Å². The fourth-order valence-corrected chi connectivity index (χ4v) is 4.53. The largest absolute Gasteiger partial charge is 0.490 e. The lowest BCUT2D eigenvalue weighted by Gasteiger charge is -2.36. The molecule has 31 heavy (non-hydrogen) atoms. The highest BCUT2D eigenvalue weighted by atomic mass is 19.4. The third kappa shape index (κ3) is 6.20. The van der Waals surface area contributed by atoms with E-state index >= 15 is 0 Å². The highest BCUT2D eigenvalue weighted by molar-refractivity contribution is 5.77. The van der Waals surface area contributed by atoms with E-state index in [0.717, 1.165) is 45.3 Å². The Hall–Kier alpha value is -2.13. The summed E-state index contributed by atoms with van der Waals surface area (Å²) in [5, 5.41) is 10.2. The molecule has 2 aliphatic heterocycles. The number of ether oxygens (including phenoxy) is 1. The Morgan fingerprint density at radius 3 is 2.48 bits per heavy atom. The Balaban J connectivity index is 0.000000339. The van der Waals surface area contributed by atoms with Crippen LogP contribution in [0.1, 0.15) is 31.2 Å². The number of carbonyl (C=O) groups excluding carboxylic acids is 1. The molecule has 2 heterocycles. The molecule has 1 saturated carbocycles. The van der Waals surface area contributed by atoms with E-state index in [1.807, 2.05) is 18.2 Å². The van der Waals surface area contributed by atoms with Crippen LogP contribution in [-0.4, -0.2) is 66.9 Å². The summed E-state index contributed by atoms with van der Waals surface area (Å²) in [7, 11) is 0. The van der Waals surface area contributed by atoms with Gasteiger partial charge in [-0.2, -0.15) is 13.2 Å². The van der Waals surface area contributed by atoms with E-state index in [9.17, 15) is 18.0 Å². The Kier molecular flexibility index (Phi) is 7.59. The van der Waals surface area contributed by atoms with Crippen LogP contribution in [0.5, 0.6) is 0 Å². The first-order chi connectivity index (χ1) is 14.7. The standard InChI is InChI=1S/C20H28N2O2.C2HF3O2/c23-19(21-10-9-16-5-2-1-3-6-16)11-20-14-22(18-7-4-8-18)12-17(20)13-24-15-20;3-2(4,5)1(6)7/h1-3,5-6,17-18H,4,7-15H2,(H,21,23);(H,6,7)/t17-,20+;/m1./s1. The van der Waals surface area contributed by atoms with Crippen molar-refractivity contribution in [1.29, 1.82) is 0 Å². The van der Waals surface area contributed by atoms with Crippen molar-refractivity contribution < 1.29 is 32.6 Å². The third-order valence-corrected chi connectivity index (χ3v) is 6.47. The number of carboxylic acid groups (broad SMARTS) is 1. The highest BCUT2D eigenvalue weighted by Gasteiger charge is 2.53. The fraction of sp³-hybridized carbons (Fsp3) is 0.636. The van der Waals surface area contributed by atoms with Crippen molar-refractivity contribution in [3.8, 4) is 0 Å². The van der Waals surface area contributed by atoms with Gasteiger partial charge in [-0.1, -0.05) is 36.8 Å². The number of amides is 1. The maximum atomic E-state index is 12.5. The molecule has 2 atom stereocenters. The number of likely N-dealkylation sites (tertiary alicyclic amines) is 1. The molecule has 2 N–H and O–H groups in total. The number of aliphatic carboxylic acids is 1. The maximum absolute atomic E-state index is 12.5. The van der Waals surface area contributed by atoms with Crippen LogP contribution in [0.4, 0.5) is 13.2 Å². The number of hydrogen-bond acceptors (Lipinski definition) is 4. The monoisotopic (exact) mass is 442 g/mol. The van der Waals surface area contributed by atoms with Crippen molar-refractivity contribution in [2.75, 3.05) is 32.8 Å². The summed E-state index contributed by atoms with van der Waals surface area (Å²) in [5.74, 6) is -2.03. The van der Waals surface area contributed by atoms with Crippen molar-refractivity contribution in [3.63, 3.8) is 0 Å². The van der Waals surface area contributed by atoms with Gasteiger partial charge in [0.2, 0.25) is 5.91 Å². The zero-order valence-corrected chi connectivity index (χ0v) is 17.4. The highest BCUT2D eigenvalue weighted by Crippen LogP contribution is 2.46. The van der Waals surface area contributed by atoms with E-state index in [2.05, 4.69) is 22.3 Å². The number of carboxylic acids is 1. The number of alkyl halides is 3. The first kappa shape index (κ1) is 23.5. The molecule has 3 aliphatic rings. The molecule has 1 aliphatic carbocycles. The first-order valence-corrected chi connectivity index (χ1v) is 10.6. The van der Waals surface area contributed by atoms with Crippen LogP contribution in [0, 0.1) is 11.3 Å². The van der Waals surface area contributed by atoms with Crippen molar-refractivity contribution in [2.24, 2.45) is 11.3 Å². The second-order valence-corrected chi connectivity index (χ2v) is 8.65. The molecule has 9 heteroatoms. The smallest absolute Gasteiger partial charge is 0.475 e. The number of rotatable bonds is 6. The molecule has 0 radical (unpaired) electrons. The molecule has 1 aromatic rings. The zero-order chi connectivity index (χ0) is 22.5. The predicted molar refractivity (Wildman–Crippen MR) is 107 cm³/mol. The molecule has 0 bridgehead atoms. The third-order valence-electron chi connectivity index (χ3n) is 6.47. The summed E-state index contributed by atoms with van der Waals surface area (Å²) in [5.41, 5.74) is 1.34. The van der Waals surface area contributed by atoms with Gasteiger partial charge in [0, 0.05) is 43.4 Å². The number of fused-ring (bicyclic) bond motifs is 1. The average Bonchev–Trinajstić information content (AvgIpc) is 3.17. The molecule has 1 aromatic carbocycles. The summed E-state index contributed by atoms with van der Waals surface area (Å²) < 4.78 is 37.5. The van der Waals surface area contributed by atoms with Gasteiger partial charge in [-0.15, -0.1) is 0 Å². The van der Waals surface area contributed by atoms with E-state index in [-0.39, 0.29) is 11.3 Å². The Morgan fingerprint density at radius 1 is 1.23 bits per heavy atom. The number of carbonyl (C=O) groups is 2. The van der Waals surface area contributed by atoms with Crippen molar-refractivity contribution in [2.45, 2.75) is 44.3 Å². The summed E-state index contributed by atoms with van der Waals surface area (Å²) in [6.45, 7) is 4.49. The van der Waals surface area contributed by atoms with E-state index in [4.69, 9.17) is 14.6 Å². The van der Waals surface area contributed by atoms with Gasteiger partial charge in [0.1, 0.15) is 0 Å². The van der Waals surface area contributed by atoms with E-state index in [1.54, 1.807) is 0 Å². The number of nitrogens with one attached hydrogen (secondary N) is 1. The van der Waals surface area contributed by atoms with Gasteiger partial charge in [0.15, 0.2) is 0 Å². The Morgan fingerprint density at radius 2 is 1.90 bits per heavy atom. The zero-order valence-electron chi connectivity index (χ0n) is 17.4. The lowest BCUT2D eigenvalue weighted by molar-refractivity contribution is -0.192. The van der Waals surface area contributed by atoms with Crippen molar-refractivity contribution in [1.82, 2.24) is 10.2 Å². The number of halogens is 3. The molecule has 0 unspecified atom stereocenters. The molecular weight excluding hydrogens is 413 g/mol. The Bertz CT molecular complexity index is 755. The second kappa shape index (κ2) is 9.99. The van der Waals surface area contributed by atoms with E-state index < -0.39 is 12.1 Å². The molecule has 6 nitrogen and oxygen atoms in total.